The first kappa shape index (κ1) is 27.5. The van der Waals surface area contributed by atoms with E-state index in [4.69, 9.17) is 16.3 Å². The highest BCUT2D eigenvalue weighted by molar-refractivity contribution is 6.31. The second kappa shape index (κ2) is 10.5. The minimum atomic E-state index is -1.11. The molecule has 0 radical (unpaired) electrons. The molecule has 36 heavy (non-hydrogen) atoms. The number of carbonyl (C=O) groups is 3. The molecule has 3 rings (SSSR count). The fourth-order valence-electron chi connectivity index (χ4n) is 4.32. The quantitative estimate of drug-likeness (QED) is 0.553. The lowest BCUT2D eigenvalue weighted by Gasteiger charge is -2.49. The molecule has 1 saturated heterocycles. The van der Waals surface area contributed by atoms with Gasteiger partial charge in [0.1, 0.15) is 16.8 Å². The maximum absolute atomic E-state index is 14.3. The molecule has 0 spiro atoms. The van der Waals surface area contributed by atoms with Crippen molar-refractivity contribution in [1.82, 2.24) is 10.2 Å². The zero-order valence-corrected chi connectivity index (χ0v) is 22.3. The molecule has 3 amide bonds. The molecule has 9 heteroatoms. The van der Waals surface area contributed by atoms with Crippen LogP contribution < -0.4 is 10.6 Å². The van der Waals surface area contributed by atoms with Crippen LogP contribution in [0.25, 0.3) is 0 Å². The standard InChI is InChI=1S/C27H33ClFN3O4/c1-16(2)11-17-9-7-8-10-19(17)27(14-32(15-27)25(35)36-26(3,4)5)24(34)31-22-13-21(29)20(28)12-18(22)23(33)30-6/h7-10,12-13,16H,11,14-15H2,1-6H3,(H,30,33)(H,31,34). The number of likely N-dealkylation sites (tertiary alicyclic amines) is 1. The minimum Gasteiger partial charge on any atom is -0.444 e. The van der Waals surface area contributed by atoms with Crippen molar-refractivity contribution in [3.05, 3.63) is 63.9 Å². The lowest BCUT2D eigenvalue weighted by Crippen LogP contribution is -2.67. The Morgan fingerprint density at radius 2 is 1.81 bits per heavy atom. The lowest BCUT2D eigenvalue weighted by atomic mass is 9.70. The molecule has 1 fully saturated rings. The van der Waals surface area contributed by atoms with Gasteiger partial charge in [0, 0.05) is 20.1 Å². The van der Waals surface area contributed by atoms with Gasteiger partial charge < -0.3 is 20.3 Å². The van der Waals surface area contributed by atoms with Crippen molar-refractivity contribution in [2.45, 2.75) is 52.1 Å². The van der Waals surface area contributed by atoms with E-state index in [9.17, 15) is 18.8 Å². The number of hydrogen-bond acceptors (Lipinski definition) is 4. The first-order valence-corrected chi connectivity index (χ1v) is 12.2. The van der Waals surface area contributed by atoms with Gasteiger partial charge in [-0.05, 0) is 56.4 Å². The fraction of sp³-hybridized carbons (Fsp3) is 0.444. The van der Waals surface area contributed by atoms with Gasteiger partial charge in [-0.2, -0.15) is 0 Å². The van der Waals surface area contributed by atoms with Crippen LogP contribution in [0.1, 0.15) is 56.1 Å². The van der Waals surface area contributed by atoms with Gasteiger partial charge in [-0.15, -0.1) is 0 Å². The number of anilines is 1. The SMILES string of the molecule is CNC(=O)c1cc(Cl)c(F)cc1NC(=O)C1(c2ccccc2CC(C)C)CN(C(=O)OC(C)(C)C)C1. The Hall–Kier alpha value is -3.13. The van der Waals surface area contributed by atoms with Gasteiger partial charge >= 0.3 is 6.09 Å². The van der Waals surface area contributed by atoms with Crippen molar-refractivity contribution in [3.63, 3.8) is 0 Å². The summed E-state index contributed by atoms with van der Waals surface area (Å²) in [6.07, 6.45) is 0.215. The molecule has 1 aliphatic heterocycles. The summed E-state index contributed by atoms with van der Waals surface area (Å²) in [6.45, 7) is 9.66. The molecule has 1 aliphatic rings. The first-order chi connectivity index (χ1) is 16.8. The van der Waals surface area contributed by atoms with Crippen molar-refractivity contribution in [2.24, 2.45) is 5.92 Å². The first-order valence-electron chi connectivity index (χ1n) is 11.9. The van der Waals surface area contributed by atoms with Crippen LogP contribution in [0.2, 0.25) is 5.02 Å². The van der Waals surface area contributed by atoms with E-state index in [2.05, 4.69) is 24.5 Å². The Labute approximate surface area is 216 Å². The number of benzene rings is 2. The van der Waals surface area contributed by atoms with Gasteiger partial charge in [-0.25, -0.2) is 9.18 Å². The van der Waals surface area contributed by atoms with Crippen molar-refractivity contribution < 1.29 is 23.5 Å². The molecule has 0 atom stereocenters. The molecule has 0 bridgehead atoms. The molecule has 0 saturated carbocycles. The Morgan fingerprint density at radius 3 is 2.39 bits per heavy atom. The van der Waals surface area contributed by atoms with E-state index in [1.807, 2.05) is 24.3 Å². The van der Waals surface area contributed by atoms with Crippen molar-refractivity contribution in [2.75, 3.05) is 25.5 Å². The molecule has 1 heterocycles. The highest BCUT2D eigenvalue weighted by Crippen LogP contribution is 2.40. The van der Waals surface area contributed by atoms with Crippen molar-refractivity contribution >= 4 is 35.2 Å². The predicted molar refractivity (Wildman–Crippen MR) is 138 cm³/mol. The summed E-state index contributed by atoms with van der Waals surface area (Å²) in [7, 11) is 1.43. The van der Waals surface area contributed by atoms with Crippen LogP contribution in [0.15, 0.2) is 36.4 Å². The van der Waals surface area contributed by atoms with Gasteiger partial charge in [0.15, 0.2) is 0 Å². The third-order valence-electron chi connectivity index (χ3n) is 5.95. The summed E-state index contributed by atoms with van der Waals surface area (Å²) in [5, 5.41) is 4.99. The molecular formula is C27H33ClFN3O4. The zero-order valence-electron chi connectivity index (χ0n) is 21.5. The van der Waals surface area contributed by atoms with Crippen LogP contribution in [-0.4, -0.2) is 48.5 Å². The topological polar surface area (TPSA) is 87.7 Å². The van der Waals surface area contributed by atoms with Gasteiger partial charge in [0.25, 0.3) is 5.91 Å². The molecule has 7 nitrogen and oxygen atoms in total. The van der Waals surface area contributed by atoms with Crippen LogP contribution in [0.5, 0.6) is 0 Å². The maximum Gasteiger partial charge on any atom is 0.410 e. The zero-order chi connectivity index (χ0) is 26.8. The minimum absolute atomic E-state index is 0.00214. The lowest BCUT2D eigenvalue weighted by molar-refractivity contribution is -0.127. The van der Waals surface area contributed by atoms with E-state index in [-0.39, 0.29) is 29.4 Å². The molecule has 194 valence electrons. The van der Waals surface area contributed by atoms with Gasteiger partial charge in [-0.1, -0.05) is 49.7 Å². The second-order valence-electron chi connectivity index (χ2n) is 10.5. The summed E-state index contributed by atoms with van der Waals surface area (Å²) in [5.41, 5.74) is 0.00518. The van der Waals surface area contributed by atoms with Crippen LogP contribution in [0.4, 0.5) is 14.9 Å². The number of halogens is 2. The van der Waals surface area contributed by atoms with Crippen molar-refractivity contribution in [1.29, 1.82) is 0 Å². The van der Waals surface area contributed by atoms with Gasteiger partial charge in [0.05, 0.1) is 16.3 Å². The van der Waals surface area contributed by atoms with E-state index < -0.39 is 34.7 Å². The highest BCUT2D eigenvalue weighted by Gasteiger charge is 2.54. The summed E-state index contributed by atoms with van der Waals surface area (Å²) in [5.74, 6) is -1.41. The highest BCUT2D eigenvalue weighted by atomic mass is 35.5. The van der Waals surface area contributed by atoms with E-state index in [1.54, 1.807) is 20.8 Å². The molecule has 0 unspecified atom stereocenters. The predicted octanol–water partition coefficient (Wildman–Crippen LogP) is 5.16. The Bertz CT molecular complexity index is 1170. The number of ether oxygens (including phenoxy) is 1. The van der Waals surface area contributed by atoms with Crippen LogP contribution in [-0.2, 0) is 21.4 Å². The Kier molecular flexibility index (Phi) is 7.98. The molecular weight excluding hydrogens is 485 g/mol. The average molecular weight is 518 g/mol. The van der Waals surface area contributed by atoms with Gasteiger partial charge in [-0.3, -0.25) is 9.59 Å². The smallest absolute Gasteiger partial charge is 0.410 e. The number of nitrogens with one attached hydrogen (secondary N) is 2. The summed E-state index contributed by atoms with van der Waals surface area (Å²) in [6, 6.07) is 9.82. The molecule has 2 aromatic carbocycles. The number of nitrogens with zero attached hydrogens (tertiary/aromatic N) is 1. The Morgan fingerprint density at radius 1 is 1.17 bits per heavy atom. The average Bonchev–Trinajstić information content (AvgIpc) is 2.74. The Balaban J connectivity index is 2.03. The largest absolute Gasteiger partial charge is 0.444 e. The maximum atomic E-state index is 14.3. The monoisotopic (exact) mass is 517 g/mol. The van der Waals surface area contributed by atoms with Gasteiger partial charge in [0.2, 0.25) is 5.91 Å². The van der Waals surface area contributed by atoms with Crippen molar-refractivity contribution in [3.8, 4) is 0 Å². The van der Waals surface area contributed by atoms with E-state index in [0.29, 0.717) is 5.92 Å². The summed E-state index contributed by atoms with van der Waals surface area (Å²) >= 11 is 5.90. The third kappa shape index (κ3) is 5.81. The fourth-order valence-corrected chi connectivity index (χ4v) is 4.48. The number of amides is 3. The molecule has 2 N–H and O–H groups in total. The van der Waals surface area contributed by atoms with Crippen LogP contribution in [0, 0.1) is 11.7 Å². The molecule has 2 aromatic rings. The summed E-state index contributed by atoms with van der Waals surface area (Å²) in [4.78, 5) is 40.5. The van der Waals surface area contributed by atoms with Crippen LogP contribution >= 0.6 is 11.6 Å². The number of rotatable bonds is 6. The molecule has 0 aliphatic carbocycles. The normalized spacial score (nSPS) is 14.8. The third-order valence-corrected chi connectivity index (χ3v) is 6.24. The van der Waals surface area contributed by atoms with E-state index in [0.717, 1.165) is 23.6 Å². The number of hydrogen-bond donors (Lipinski definition) is 2. The second-order valence-corrected chi connectivity index (χ2v) is 10.9. The van der Waals surface area contributed by atoms with Crippen LogP contribution in [0.3, 0.4) is 0 Å². The van der Waals surface area contributed by atoms with E-state index >= 15 is 0 Å². The van der Waals surface area contributed by atoms with E-state index in [1.165, 1.54) is 18.0 Å². The number of carbonyl (C=O) groups excluding carboxylic acids is 3. The summed E-state index contributed by atoms with van der Waals surface area (Å²) < 4.78 is 19.8. The molecule has 0 aromatic heterocycles.